The molecule has 3 rings (SSSR count). The highest BCUT2D eigenvalue weighted by molar-refractivity contribution is 7.14. The van der Waals surface area contributed by atoms with Crippen molar-refractivity contribution in [2.24, 2.45) is 0 Å². The van der Waals surface area contributed by atoms with Crippen LogP contribution in [0.25, 0.3) is 0 Å². The summed E-state index contributed by atoms with van der Waals surface area (Å²) in [5.74, 6) is -1.70. The lowest BCUT2D eigenvalue weighted by Crippen LogP contribution is -2.15. The molecule has 0 aliphatic heterocycles. The average Bonchev–Trinajstić information content (AvgIpc) is 3.07. The summed E-state index contributed by atoms with van der Waals surface area (Å²) in [4.78, 5) is 19.6. The first kappa shape index (κ1) is 16.9. The molecule has 0 saturated carbocycles. The van der Waals surface area contributed by atoms with E-state index in [1.807, 2.05) is 29.6 Å². The van der Waals surface area contributed by atoms with Gasteiger partial charge in [0, 0.05) is 5.92 Å². The first-order valence-corrected chi connectivity index (χ1v) is 8.66. The number of carbonyl (C=O) groups is 1. The van der Waals surface area contributed by atoms with E-state index in [0.29, 0.717) is 5.00 Å². The van der Waals surface area contributed by atoms with Crippen LogP contribution < -0.4 is 5.32 Å². The van der Waals surface area contributed by atoms with Crippen molar-refractivity contribution in [3.8, 4) is 11.6 Å². The zero-order chi connectivity index (χ0) is 17.8. The van der Waals surface area contributed by atoms with Crippen molar-refractivity contribution >= 4 is 22.2 Å². The van der Waals surface area contributed by atoms with E-state index < -0.39 is 17.5 Å². The normalized spacial score (nSPS) is 11.9. The van der Waals surface area contributed by atoms with Crippen LogP contribution in [-0.4, -0.2) is 26.1 Å². The number of rotatable bonds is 5. The van der Waals surface area contributed by atoms with Gasteiger partial charge < -0.3 is 15.5 Å². The third kappa shape index (κ3) is 3.46. The van der Waals surface area contributed by atoms with Crippen molar-refractivity contribution in [3.05, 3.63) is 64.9 Å². The second kappa shape index (κ2) is 7.31. The summed E-state index contributed by atoms with van der Waals surface area (Å²) in [6, 6.07) is 12.1. The van der Waals surface area contributed by atoms with Crippen LogP contribution in [0.2, 0.25) is 0 Å². The number of hydrogen-bond donors (Lipinski definition) is 3. The van der Waals surface area contributed by atoms with Gasteiger partial charge in [-0.25, -0.2) is 4.98 Å². The number of nitrogens with one attached hydrogen (secondary N) is 1. The van der Waals surface area contributed by atoms with Crippen LogP contribution in [0.5, 0.6) is 11.6 Å². The smallest absolute Gasteiger partial charge is 0.279 e. The van der Waals surface area contributed by atoms with Crippen LogP contribution >= 0.6 is 11.3 Å². The maximum atomic E-state index is 12.4. The minimum absolute atomic E-state index is 0.148. The molecule has 0 spiro atoms. The largest absolute Gasteiger partial charge is 0.501 e. The molecule has 128 valence electrons. The van der Waals surface area contributed by atoms with Crippen LogP contribution in [-0.2, 0) is 0 Å². The van der Waals surface area contributed by atoms with Gasteiger partial charge in [0.1, 0.15) is 6.33 Å². The van der Waals surface area contributed by atoms with E-state index in [9.17, 15) is 15.0 Å². The molecular formula is C18H17N3O3S. The first-order valence-electron chi connectivity index (χ1n) is 7.78. The summed E-state index contributed by atoms with van der Waals surface area (Å²) < 4.78 is 0. The van der Waals surface area contributed by atoms with E-state index in [-0.39, 0.29) is 11.6 Å². The van der Waals surface area contributed by atoms with Crippen LogP contribution in [0.15, 0.2) is 48.1 Å². The Balaban J connectivity index is 1.89. The fraction of sp³-hybridized carbons (Fsp3) is 0.167. The van der Waals surface area contributed by atoms with E-state index >= 15 is 0 Å². The summed E-state index contributed by atoms with van der Waals surface area (Å²) >= 11 is 1.40. The molecule has 2 heterocycles. The van der Waals surface area contributed by atoms with Gasteiger partial charge in [0.2, 0.25) is 5.75 Å². The third-order valence-electron chi connectivity index (χ3n) is 3.93. The number of anilines is 1. The van der Waals surface area contributed by atoms with Gasteiger partial charge in [-0.15, -0.1) is 11.3 Å². The highest BCUT2D eigenvalue weighted by Crippen LogP contribution is 2.37. The summed E-state index contributed by atoms with van der Waals surface area (Å²) in [6.45, 7) is 2.09. The van der Waals surface area contributed by atoms with E-state index in [1.165, 1.54) is 16.9 Å². The number of aromatic nitrogens is 2. The molecule has 3 aromatic rings. The number of amides is 1. The van der Waals surface area contributed by atoms with Gasteiger partial charge in [0.25, 0.3) is 11.8 Å². The second-order valence-electron chi connectivity index (χ2n) is 5.43. The monoisotopic (exact) mass is 355 g/mol. The Morgan fingerprint density at radius 1 is 1.20 bits per heavy atom. The maximum Gasteiger partial charge on any atom is 0.279 e. The van der Waals surface area contributed by atoms with Crippen LogP contribution in [0, 0.1) is 0 Å². The highest BCUT2D eigenvalue weighted by atomic mass is 32.1. The number of carbonyl (C=O) groups excluding carboxylic acids is 1. The summed E-state index contributed by atoms with van der Waals surface area (Å²) in [5.41, 5.74) is 1.91. The molecule has 25 heavy (non-hydrogen) atoms. The van der Waals surface area contributed by atoms with E-state index in [1.54, 1.807) is 0 Å². The summed E-state index contributed by atoms with van der Waals surface area (Å²) in [7, 11) is 0. The fourth-order valence-corrected chi connectivity index (χ4v) is 3.56. The Labute approximate surface area is 148 Å². The molecule has 3 N–H and O–H groups in total. The zero-order valence-electron chi connectivity index (χ0n) is 13.5. The predicted molar refractivity (Wildman–Crippen MR) is 96.2 cm³/mol. The Bertz CT molecular complexity index is 880. The van der Waals surface area contributed by atoms with E-state index in [0.717, 1.165) is 18.3 Å². The standard InChI is InChI=1S/C18H17N3O3S/c1-2-12(11-6-4-3-5-7-11)13-8-9-25-18(13)21-16(23)14-15(22)17(24)20-10-19-14/h3-10,12,22H,2H2,1H3,(H,21,23)(H,19,20,24). The first-order chi connectivity index (χ1) is 12.1. The minimum Gasteiger partial charge on any atom is -0.501 e. The van der Waals surface area contributed by atoms with Crippen LogP contribution in [0.4, 0.5) is 5.00 Å². The number of benzene rings is 1. The fourth-order valence-electron chi connectivity index (χ4n) is 2.71. The molecule has 0 radical (unpaired) electrons. The van der Waals surface area contributed by atoms with Gasteiger partial charge in [-0.3, -0.25) is 4.79 Å². The SMILES string of the molecule is CCC(c1ccccc1)c1ccsc1NC(=O)c1ncnc(O)c1O. The topological polar surface area (TPSA) is 95.3 Å². The van der Waals surface area contributed by atoms with Crippen molar-refractivity contribution < 1.29 is 15.0 Å². The molecule has 7 heteroatoms. The average molecular weight is 355 g/mol. The number of thiophene rings is 1. The second-order valence-corrected chi connectivity index (χ2v) is 6.34. The lowest BCUT2D eigenvalue weighted by Gasteiger charge is -2.17. The molecule has 1 aromatic carbocycles. The quantitative estimate of drug-likeness (QED) is 0.648. The molecule has 2 aromatic heterocycles. The summed E-state index contributed by atoms with van der Waals surface area (Å²) in [5, 5.41) is 24.6. The van der Waals surface area contributed by atoms with Gasteiger partial charge >= 0.3 is 0 Å². The molecule has 1 atom stereocenters. The molecule has 0 fully saturated rings. The number of aromatic hydroxyl groups is 2. The molecular weight excluding hydrogens is 338 g/mol. The molecule has 1 amide bonds. The number of hydrogen-bond acceptors (Lipinski definition) is 6. The van der Waals surface area contributed by atoms with Crippen molar-refractivity contribution in [2.45, 2.75) is 19.3 Å². The van der Waals surface area contributed by atoms with Crippen molar-refractivity contribution in [1.82, 2.24) is 9.97 Å². The molecule has 0 bridgehead atoms. The molecule has 0 aliphatic carbocycles. The Morgan fingerprint density at radius 2 is 1.96 bits per heavy atom. The van der Waals surface area contributed by atoms with Crippen molar-refractivity contribution in [2.75, 3.05) is 5.32 Å². The number of nitrogens with zero attached hydrogens (tertiary/aromatic N) is 2. The third-order valence-corrected chi connectivity index (χ3v) is 4.77. The van der Waals surface area contributed by atoms with Crippen molar-refractivity contribution in [1.29, 1.82) is 0 Å². The van der Waals surface area contributed by atoms with E-state index in [2.05, 4.69) is 34.3 Å². The highest BCUT2D eigenvalue weighted by Gasteiger charge is 2.21. The zero-order valence-corrected chi connectivity index (χ0v) is 14.3. The molecule has 6 nitrogen and oxygen atoms in total. The Kier molecular flexibility index (Phi) is 4.95. The Hall–Kier alpha value is -2.93. The minimum atomic E-state index is -0.631. The lowest BCUT2D eigenvalue weighted by molar-refractivity contribution is 0.101. The van der Waals surface area contributed by atoms with Crippen LogP contribution in [0.1, 0.15) is 40.9 Å². The van der Waals surface area contributed by atoms with Gasteiger partial charge in [-0.05, 0) is 29.0 Å². The van der Waals surface area contributed by atoms with E-state index in [4.69, 9.17) is 0 Å². The van der Waals surface area contributed by atoms with Crippen LogP contribution in [0.3, 0.4) is 0 Å². The Morgan fingerprint density at radius 3 is 2.68 bits per heavy atom. The summed E-state index contributed by atoms with van der Waals surface area (Å²) in [6.07, 6.45) is 1.90. The molecule has 0 aliphatic rings. The van der Waals surface area contributed by atoms with Crippen molar-refractivity contribution in [3.63, 3.8) is 0 Å². The predicted octanol–water partition coefficient (Wildman–Crippen LogP) is 3.74. The van der Waals surface area contributed by atoms with Gasteiger partial charge in [-0.1, -0.05) is 37.3 Å². The molecule has 1 unspecified atom stereocenters. The van der Waals surface area contributed by atoms with Gasteiger partial charge in [0.05, 0.1) is 5.00 Å². The van der Waals surface area contributed by atoms with Gasteiger partial charge in [-0.2, -0.15) is 4.98 Å². The molecule has 0 saturated heterocycles. The maximum absolute atomic E-state index is 12.4. The van der Waals surface area contributed by atoms with Gasteiger partial charge in [0.15, 0.2) is 5.69 Å². The lowest BCUT2D eigenvalue weighted by atomic mass is 9.90.